The van der Waals surface area contributed by atoms with E-state index in [-0.39, 0.29) is 26.4 Å². The molecule has 3 amide bonds. The van der Waals surface area contributed by atoms with Crippen LogP contribution in [0.4, 0.5) is 5.69 Å². The number of nitrogens with one attached hydrogen (secondary N) is 4. The van der Waals surface area contributed by atoms with Crippen LogP contribution in [0.3, 0.4) is 0 Å². The minimum atomic E-state index is -1.04. The molecule has 0 unspecified atom stereocenters. The maximum absolute atomic E-state index is 12.2. The summed E-state index contributed by atoms with van der Waals surface area (Å²) in [7, 11) is 0. The molecule has 0 spiro atoms. The van der Waals surface area contributed by atoms with Gasteiger partial charge in [0.15, 0.2) is 0 Å². The van der Waals surface area contributed by atoms with Gasteiger partial charge in [-0.3, -0.25) is 19.6 Å². The van der Waals surface area contributed by atoms with Gasteiger partial charge in [-0.25, -0.2) is 5.48 Å². The predicted molar refractivity (Wildman–Crippen MR) is 149 cm³/mol. The van der Waals surface area contributed by atoms with Crippen molar-refractivity contribution >= 4 is 23.4 Å². The number of hydrogen-bond donors (Lipinski definition) is 6. The van der Waals surface area contributed by atoms with Gasteiger partial charge in [-0.05, 0) is 73.3 Å². The van der Waals surface area contributed by atoms with Crippen LogP contribution in [0.5, 0.6) is 0 Å². The number of hydroxylamine groups is 1. The number of carbonyl (C=O) groups is 3. The monoisotopic (exact) mass is 519 g/mol. The summed E-state index contributed by atoms with van der Waals surface area (Å²) < 4.78 is 0. The lowest BCUT2D eigenvalue weighted by molar-refractivity contribution is -0.130. The molecule has 0 heterocycles. The second kappa shape index (κ2) is 18.1. The highest BCUT2D eigenvalue weighted by molar-refractivity contribution is 5.97. The number of rotatable bonds is 12. The van der Waals surface area contributed by atoms with Crippen LogP contribution < -0.4 is 27.2 Å². The van der Waals surface area contributed by atoms with Gasteiger partial charge in [0.1, 0.15) is 6.04 Å². The van der Waals surface area contributed by atoms with Gasteiger partial charge >= 0.3 is 0 Å². The summed E-state index contributed by atoms with van der Waals surface area (Å²) in [5.41, 5.74) is 9.33. The molecule has 0 aliphatic carbocycles. The molecule has 2 rings (SSSR count). The predicted octanol–water partition coefficient (Wildman–Crippen LogP) is 2.40. The van der Waals surface area contributed by atoms with Crippen LogP contribution in [0.15, 0.2) is 48.5 Å². The van der Waals surface area contributed by atoms with Crippen molar-refractivity contribution in [2.45, 2.75) is 46.1 Å². The summed E-state index contributed by atoms with van der Waals surface area (Å²) in [6.45, 7) is 3.13. The molecule has 0 saturated heterocycles. The van der Waals surface area contributed by atoms with E-state index in [1.54, 1.807) is 36.4 Å². The Morgan fingerprint density at radius 2 is 1.53 bits per heavy atom. The van der Waals surface area contributed by atoms with Gasteiger partial charge in [-0.2, -0.15) is 0 Å². The average molecular weight is 520 g/mol. The molecule has 38 heavy (non-hydrogen) atoms. The zero-order valence-electron chi connectivity index (χ0n) is 20.9. The van der Waals surface area contributed by atoms with E-state index in [0.29, 0.717) is 16.8 Å². The first-order valence-electron chi connectivity index (χ1n) is 12.1. The van der Waals surface area contributed by atoms with Crippen molar-refractivity contribution in [3.63, 3.8) is 0 Å². The maximum atomic E-state index is 12.2. The van der Waals surface area contributed by atoms with E-state index in [4.69, 9.17) is 10.9 Å². The van der Waals surface area contributed by atoms with Crippen molar-refractivity contribution in [2.24, 2.45) is 5.73 Å². The maximum Gasteiger partial charge on any atom is 0.267 e. The molecule has 0 fully saturated rings. The van der Waals surface area contributed by atoms with Crippen molar-refractivity contribution in [1.29, 1.82) is 0 Å². The highest BCUT2D eigenvalue weighted by atomic mass is 16.5. The molecule has 0 aliphatic heterocycles. The van der Waals surface area contributed by atoms with Gasteiger partial charge in [0.2, 0.25) is 5.91 Å². The van der Waals surface area contributed by atoms with Gasteiger partial charge in [0.05, 0.1) is 6.54 Å². The average Bonchev–Trinajstić information content (AvgIpc) is 2.92. The Bertz CT molecular complexity index is 1160. The number of hydrogen-bond acceptors (Lipinski definition) is 6. The molecule has 0 saturated carbocycles. The van der Waals surface area contributed by atoms with Crippen LogP contribution in [-0.2, 0) is 9.59 Å². The van der Waals surface area contributed by atoms with Crippen LogP contribution in [0, 0.1) is 23.7 Å². The van der Waals surface area contributed by atoms with Crippen molar-refractivity contribution < 1.29 is 19.6 Å². The number of nitrogens with two attached hydrogens (primary N) is 1. The topological polar surface area (TPSA) is 146 Å². The first kappa shape index (κ1) is 31.9. The fourth-order valence-electron chi connectivity index (χ4n) is 3.18. The Kier molecular flexibility index (Phi) is 15.2. The van der Waals surface area contributed by atoms with Crippen LogP contribution in [0.1, 0.15) is 61.5 Å². The van der Waals surface area contributed by atoms with Crippen LogP contribution in [0.25, 0.3) is 0 Å². The molecule has 2 aromatic carbocycles. The SMILES string of the molecule is C.CCCCCCNCC(=O)Nc1ccc(C#CC#Cc2ccc(C(=O)N[C@@H](CN)C(=O)NO)cc2)cc1. The van der Waals surface area contributed by atoms with Gasteiger partial charge in [0.25, 0.3) is 11.8 Å². The first-order chi connectivity index (χ1) is 18.0. The molecular formula is C29H37N5O4. The van der Waals surface area contributed by atoms with Crippen molar-refractivity contribution in [2.75, 3.05) is 25.0 Å². The normalized spacial score (nSPS) is 10.4. The van der Waals surface area contributed by atoms with Gasteiger partial charge in [-0.15, -0.1) is 0 Å². The summed E-state index contributed by atoms with van der Waals surface area (Å²) >= 11 is 0. The van der Waals surface area contributed by atoms with E-state index in [1.807, 2.05) is 12.1 Å². The van der Waals surface area contributed by atoms with E-state index in [0.717, 1.165) is 18.5 Å². The largest absolute Gasteiger partial charge is 0.339 e. The fourth-order valence-corrected chi connectivity index (χ4v) is 3.18. The van der Waals surface area contributed by atoms with Gasteiger partial charge < -0.3 is 21.7 Å². The number of benzene rings is 2. The third-order valence-electron chi connectivity index (χ3n) is 5.25. The summed E-state index contributed by atoms with van der Waals surface area (Å²) in [4.78, 5) is 35.7. The van der Waals surface area contributed by atoms with Crippen LogP contribution >= 0.6 is 0 Å². The number of carbonyl (C=O) groups excluding carboxylic acids is 3. The molecule has 2 aromatic rings. The molecular weight excluding hydrogens is 482 g/mol. The van der Waals surface area contributed by atoms with E-state index in [9.17, 15) is 14.4 Å². The zero-order valence-corrected chi connectivity index (χ0v) is 20.9. The smallest absolute Gasteiger partial charge is 0.267 e. The number of amides is 3. The van der Waals surface area contributed by atoms with Crippen LogP contribution in [-0.4, -0.2) is 48.6 Å². The van der Waals surface area contributed by atoms with Gasteiger partial charge in [0, 0.05) is 28.9 Å². The Labute approximate surface area is 224 Å². The molecule has 1 atom stereocenters. The second-order valence-electron chi connectivity index (χ2n) is 8.18. The Balaban J connectivity index is 0.00000722. The molecule has 9 heteroatoms. The minimum Gasteiger partial charge on any atom is -0.339 e. The summed E-state index contributed by atoms with van der Waals surface area (Å²) in [5, 5.41) is 17.1. The van der Waals surface area contributed by atoms with Crippen molar-refractivity contribution in [3.05, 3.63) is 65.2 Å². The first-order valence-corrected chi connectivity index (χ1v) is 12.1. The minimum absolute atomic E-state index is 0. The van der Waals surface area contributed by atoms with Crippen LogP contribution in [0.2, 0.25) is 0 Å². The van der Waals surface area contributed by atoms with E-state index >= 15 is 0 Å². The lowest BCUT2D eigenvalue weighted by Crippen LogP contribution is -2.50. The van der Waals surface area contributed by atoms with E-state index in [1.165, 1.54) is 24.7 Å². The summed E-state index contributed by atoms with van der Waals surface area (Å²) in [6, 6.07) is 12.6. The Morgan fingerprint density at radius 3 is 2.08 bits per heavy atom. The van der Waals surface area contributed by atoms with Crippen molar-refractivity contribution in [3.8, 4) is 23.7 Å². The lowest BCUT2D eigenvalue weighted by atomic mass is 10.1. The fraction of sp³-hybridized carbons (Fsp3) is 0.345. The molecule has 9 nitrogen and oxygen atoms in total. The van der Waals surface area contributed by atoms with Crippen molar-refractivity contribution in [1.82, 2.24) is 16.1 Å². The highest BCUT2D eigenvalue weighted by Gasteiger charge is 2.19. The molecule has 7 N–H and O–H groups in total. The quantitative estimate of drug-likeness (QED) is 0.110. The standard InChI is InChI=1S/C28H33N5O4.CH4/c1-2-3-4-7-18-30-20-26(34)31-24-16-12-22(13-17-24)9-6-5-8-21-10-14-23(15-11-21)27(35)32-25(19-29)28(36)33-37;/h10-17,25,30,37H,2-4,7,18-20,29H2,1H3,(H,31,34)(H,32,35)(H,33,36);1H4/t25-;/m0./s1. The van der Waals surface area contributed by atoms with E-state index in [2.05, 4.69) is 46.6 Å². The van der Waals surface area contributed by atoms with Gasteiger partial charge in [-0.1, -0.05) is 45.5 Å². The zero-order chi connectivity index (χ0) is 26.9. The molecule has 0 aliphatic rings. The summed E-state index contributed by atoms with van der Waals surface area (Å²) in [5.74, 6) is 10.0. The summed E-state index contributed by atoms with van der Waals surface area (Å²) in [6.07, 6.45) is 4.66. The molecule has 0 radical (unpaired) electrons. The lowest BCUT2D eigenvalue weighted by Gasteiger charge is -2.14. The molecule has 202 valence electrons. The highest BCUT2D eigenvalue weighted by Crippen LogP contribution is 2.08. The van der Waals surface area contributed by atoms with E-state index < -0.39 is 17.9 Å². The Morgan fingerprint density at radius 1 is 0.921 bits per heavy atom. The third kappa shape index (κ3) is 11.7. The third-order valence-corrected chi connectivity index (χ3v) is 5.25. The number of unbranched alkanes of at least 4 members (excludes halogenated alkanes) is 3. The molecule has 0 bridgehead atoms. The second-order valence-corrected chi connectivity index (χ2v) is 8.18. The molecule has 0 aromatic heterocycles. The number of anilines is 1. The Hall–Kier alpha value is -4.15.